The normalized spacial score (nSPS) is 20.2. The highest BCUT2D eigenvalue weighted by atomic mass is 16.6. The van der Waals surface area contributed by atoms with E-state index in [1.54, 1.807) is 18.7 Å². The Morgan fingerprint density at radius 2 is 2.00 bits per heavy atom. The molecule has 2 atom stereocenters. The molecule has 1 aliphatic heterocycles. The Hall–Kier alpha value is -2.74. The monoisotopic (exact) mass is 358 g/mol. The molecule has 1 amide bonds. The van der Waals surface area contributed by atoms with Gasteiger partial charge in [0, 0.05) is 6.54 Å². The zero-order valence-electron chi connectivity index (χ0n) is 15.1. The highest BCUT2D eigenvalue weighted by Gasteiger charge is 2.30. The Morgan fingerprint density at radius 3 is 2.62 bits per heavy atom. The van der Waals surface area contributed by atoms with Crippen molar-refractivity contribution in [2.24, 2.45) is 0 Å². The number of nitro groups is 1. The molecule has 0 radical (unpaired) electrons. The quantitative estimate of drug-likeness (QED) is 0.618. The van der Waals surface area contributed by atoms with Crippen molar-refractivity contribution in [2.75, 3.05) is 13.1 Å². The number of amides is 1. The lowest BCUT2D eigenvalue weighted by molar-refractivity contribution is -0.386. The summed E-state index contributed by atoms with van der Waals surface area (Å²) in [6.07, 6.45) is -0.272. The number of aryl methyl sites for hydroxylation is 1. The fourth-order valence-corrected chi connectivity index (χ4v) is 3.34. The van der Waals surface area contributed by atoms with Gasteiger partial charge in [0.05, 0.1) is 17.6 Å². The Labute approximate surface area is 151 Å². The van der Waals surface area contributed by atoms with Gasteiger partial charge in [-0.25, -0.2) is 0 Å². The van der Waals surface area contributed by atoms with Gasteiger partial charge in [-0.15, -0.1) is 0 Å². The zero-order chi connectivity index (χ0) is 18.8. The van der Waals surface area contributed by atoms with Crippen LogP contribution in [0.4, 0.5) is 5.69 Å². The molecule has 8 nitrogen and oxygen atoms in total. The second-order valence-corrected chi connectivity index (χ2v) is 6.58. The maximum atomic E-state index is 12.8. The van der Waals surface area contributed by atoms with Gasteiger partial charge in [-0.1, -0.05) is 30.3 Å². The lowest BCUT2D eigenvalue weighted by atomic mass is 10.1. The molecule has 2 aromatic rings. The van der Waals surface area contributed by atoms with Gasteiger partial charge >= 0.3 is 5.69 Å². The van der Waals surface area contributed by atoms with Crippen LogP contribution in [-0.4, -0.2) is 44.7 Å². The maximum Gasteiger partial charge on any atom is 0.312 e. The summed E-state index contributed by atoms with van der Waals surface area (Å²) in [5.74, 6) is -0.124. The first-order chi connectivity index (χ1) is 12.4. The number of nitrogens with zero attached hydrogens (tertiary/aromatic N) is 4. The molecule has 1 aromatic heterocycles. The van der Waals surface area contributed by atoms with Gasteiger partial charge in [0.2, 0.25) is 5.91 Å². The molecule has 0 aliphatic carbocycles. The molecule has 0 spiro atoms. The number of morpholine rings is 1. The Morgan fingerprint density at radius 1 is 1.31 bits per heavy atom. The molecule has 1 fully saturated rings. The van der Waals surface area contributed by atoms with Crippen LogP contribution in [0.5, 0.6) is 0 Å². The molecule has 3 rings (SSSR count). The second kappa shape index (κ2) is 7.25. The van der Waals surface area contributed by atoms with E-state index >= 15 is 0 Å². The van der Waals surface area contributed by atoms with Gasteiger partial charge in [0.15, 0.2) is 0 Å². The summed E-state index contributed by atoms with van der Waals surface area (Å²) < 4.78 is 7.39. The van der Waals surface area contributed by atoms with Crippen molar-refractivity contribution < 1.29 is 14.5 Å². The number of benzene rings is 1. The largest absolute Gasteiger partial charge is 0.367 e. The molecule has 2 heterocycles. The SMILES string of the molecule is Cc1nn(CC(=O)N2CC(C)OC(c3ccccc3)C2)c(C)c1[N+](=O)[O-]. The van der Waals surface area contributed by atoms with Gasteiger partial charge in [-0.3, -0.25) is 19.6 Å². The highest BCUT2D eigenvalue weighted by Crippen LogP contribution is 2.26. The molecule has 0 saturated carbocycles. The molecule has 26 heavy (non-hydrogen) atoms. The van der Waals surface area contributed by atoms with Crippen LogP contribution in [0, 0.1) is 24.0 Å². The lowest BCUT2D eigenvalue weighted by Gasteiger charge is -2.37. The molecule has 138 valence electrons. The van der Waals surface area contributed by atoms with Crippen molar-refractivity contribution in [1.29, 1.82) is 0 Å². The third kappa shape index (κ3) is 3.60. The van der Waals surface area contributed by atoms with Crippen LogP contribution >= 0.6 is 0 Å². The number of rotatable bonds is 4. The van der Waals surface area contributed by atoms with Crippen molar-refractivity contribution in [1.82, 2.24) is 14.7 Å². The van der Waals surface area contributed by atoms with Crippen LogP contribution in [0.15, 0.2) is 30.3 Å². The average molecular weight is 358 g/mol. The van der Waals surface area contributed by atoms with E-state index in [9.17, 15) is 14.9 Å². The van der Waals surface area contributed by atoms with Crippen molar-refractivity contribution >= 4 is 11.6 Å². The van der Waals surface area contributed by atoms with E-state index in [4.69, 9.17) is 4.74 Å². The van der Waals surface area contributed by atoms with Gasteiger partial charge < -0.3 is 9.64 Å². The fourth-order valence-electron chi connectivity index (χ4n) is 3.34. The Balaban J connectivity index is 1.75. The predicted octanol–water partition coefficient (Wildman–Crippen LogP) is 2.40. The zero-order valence-corrected chi connectivity index (χ0v) is 15.1. The van der Waals surface area contributed by atoms with Crippen LogP contribution in [0.25, 0.3) is 0 Å². The summed E-state index contributed by atoms with van der Waals surface area (Å²) in [5.41, 5.74) is 1.70. The summed E-state index contributed by atoms with van der Waals surface area (Å²) in [6, 6.07) is 9.79. The summed E-state index contributed by atoms with van der Waals surface area (Å²) in [7, 11) is 0. The summed E-state index contributed by atoms with van der Waals surface area (Å²) in [6.45, 7) is 6.05. The molecule has 8 heteroatoms. The third-order valence-corrected chi connectivity index (χ3v) is 4.60. The predicted molar refractivity (Wildman–Crippen MR) is 94.7 cm³/mol. The maximum absolute atomic E-state index is 12.8. The van der Waals surface area contributed by atoms with E-state index in [1.165, 1.54) is 4.68 Å². The van der Waals surface area contributed by atoms with Crippen LogP contribution in [-0.2, 0) is 16.1 Å². The van der Waals surface area contributed by atoms with Gasteiger partial charge in [0.25, 0.3) is 0 Å². The molecule has 0 bridgehead atoms. The topological polar surface area (TPSA) is 90.5 Å². The average Bonchev–Trinajstić information content (AvgIpc) is 2.88. The molecule has 2 unspecified atom stereocenters. The van der Waals surface area contributed by atoms with Crippen LogP contribution in [0.3, 0.4) is 0 Å². The van der Waals surface area contributed by atoms with E-state index < -0.39 is 4.92 Å². The Kier molecular flexibility index (Phi) is 5.03. The van der Waals surface area contributed by atoms with Gasteiger partial charge in [-0.05, 0) is 26.3 Å². The summed E-state index contributed by atoms with van der Waals surface area (Å²) >= 11 is 0. The standard InChI is InChI=1S/C18H22N4O4/c1-12-9-20(10-16(26-12)15-7-5-4-6-8-15)17(23)11-21-14(3)18(22(24)25)13(2)19-21/h4-8,12,16H,9-11H2,1-3H3. The minimum atomic E-state index is -0.457. The van der Waals surface area contributed by atoms with Crippen molar-refractivity contribution in [3.8, 4) is 0 Å². The van der Waals surface area contributed by atoms with Gasteiger partial charge in [0.1, 0.15) is 24.0 Å². The molecular formula is C18H22N4O4. The van der Waals surface area contributed by atoms with E-state index in [1.807, 2.05) is 37.3 Å². The fraction of sp³-hybridized carbons (Fsp3) is 0.444. The minimum absolute atomic E-state index is 0.0191. The molecular weight excluding hydrogens is 336 g/mol. The molecule has 1 aromatic carbocycles. The summed E-state index contributed by atoms with van der Waals surface area (Å²) in [4.78, 5) is 25.2. The number of aromatic nitrogens is 2. The molecule has 1 aliphatic rings. The first kappa shape index (κ1) is 18.1. The number of hydrogen-bond donors (Lipinski definition) is 0. The van der Waals surface area contributed by atoms with Gasteiger partial charge in [-0.2, -0.15) is 5.10 Å². The Bertz CT molecular complexity index is 818. The van der Waals surface area contributed by atoms with Crippen molar-refractivity contribution in [2.45, 2.75) is 39.5 Å². The summed E-state index contributed by atoms with van der Waals surface area (Å²) in [5, 5.41) is 15.3. The van der Waals surface area contributed by atoms with Crippen LogP contribution in [0.2, 0.25) is 0 Å². The van der Waals surface area contributed by atoms with Crippen LogP contribution < -0.4 is 0 Å². The smallest absolute Gasteiger partial charge is 0.312 e. The first-order valence-electron chi connectivity index (χ1n) is 8.53. The number of hydrogen-bond acceptors (Lipinski definition) is 5. The van der Waals surface area contributed by atoms with E-state index in [0.29, 0.717) is 24.5 Å². The minimum Gasteiger partial charge on any atom is -0.367 e. The first-order valence-corrected chi connectivity index (χ1v) is 8.53. The second-order valence-electron chi connectivity index (χ2n) is 6.58. The van der Waals surface area contributed by atoms with Crippen LogP contribution in [0.1, 0.15) is 30.0 Å². The molecule has 0 N–H and O–H groups in total. The third-order valence-electron chi connectivity index (χ3n) is 4.60. The number of carbonyl (C=O) groups is 1. The lowest BCUT2D eigenvalue weighted by Crippen LogP contribution is -2.47. The number of ether oxygens (including phenoxy) is 1. The van der Waals surface area contributed by atoms with Crippen molar-refractivity contribution in [3.63, 3.8) is 0 Å². The highest BCUT2D eigenvalue weighted by molar-refractivity contribution is 5.76. The van der Waals surface area contributed by atoms with E-state index in [0.717, 1.165) is 5.56 Å². The van der Waals surface area contributed by atoms with E-state index in [2.05, 4.69) is 5.10 Å². The molecule has 1 saturated heterocycles. The van der Waals surface area contributed by atoms with E-state index in [-0.39, 0.29) is 30.3 Å². The number of carbonyl (C=O) groups excluding carboxylic acids is 1. The van der Waals surface area contributed by atoms with Crippen molar-refractivity contribution in [3.05, 3.63) is 57.4 Å².